The second kappa shape index (κ2) is 5.88. The number of H-pyrrole nitrogens is 1. The lowest BCUT2D eigenvalue weighted by atomic mass is 10.3. The minimum absolute atomic E-state index is 0.221. The highest BCUT2D eigenvalue weighted by Gasteiger charge is 2.08. The van der Waals surface area contributed by atoms with Gasteiger partial charge in [-0.3, -0.25) is 4.79 Å². The summed E-state index contributed by atoms with van der Waals surface area (Å²) in [5.41, 5.74) is 1.85. The highest BCUT2D eigenvalue weighted by atomic mass is 32.1. The molecule has 2 rings (SSSR count). The Morgan fingerprint density at radius 1 is 1.47 bits per heavy atom. The summed E-state index contributed by atoms with van der Waals surface area (Å²) in [7, 11) is 1.62. The third-order valence-corrected chi connectivity index (χ3v) is 3.15. The van der Waals surface area contributed by atoms with Crippen molar-refractivity contribution in [1.29, 1.82) is 0 Å². The molecule has 1 N–H and O–H groups in total. The molecule has 0 fully saturated rings. The summed E-state index contributed by atoms with van der Waals surface area (Å²) in [5, 5.41) is 0. The van der Waals surface area contributed by atoms with Crippen molar-refractivity contribution in [1.82, 2.24) is 9.55 Å². The van der Waals surface area contributed by atoms with Gasteiger partial charge in [0.05, 0.1) is 31.2 Å². The van der Waals surface area contributed by atoms with Crippen LogP contribution in [-0.2, 0) is 16.1 Å². The molecule has 102 valence electrons. The summed E-state index contributed by atoms with van der Waals surface area (Å²) in [5.74, 6) is 0.535. The first-order valence-corrected chi connectivity index (χ1v) is 6.48. The minimum atomic E-state index is -0.221. The van der Waals surface area contributed by atoms with Gasteiger partial charge in [0, 0.05) is 12.6 Å². The van der Waals surface area contributed by atoms with E-state index in [1.807, 2.05) is 22.8 Å². The van der Waals surface area contributed by atoms with Gasteiger partial charge in [0.1, 0.15) is 5.75 Å². The molecule has 0 unspecified atom stereocenters. The number of benzene rings is 1. The number of hydrogen-bond acceptors (Lipinski definition) is 4. The fourth-order valence-electron chi connectivity index (χ4n) is 1.92. The van der Waals surface area contributed by atoms with Crippen LogP contribution in [-0.4, -0.2) is 29.2 Å². The number of fused-ring (bicyclic) bond motifs is 1. The first-order chi connectivity index (χ1) is 9.15. The minimum Gasteiger partial charge on any atom is -0.497 e. The van der Waals surface area contributed by atoms with Crippen molar-refractivity contribution in [2.24, 2.45) is 0 Å². The van der Waals surface area contributed by atoms with Crippen molar-refractivity contribution < 1.29 is 14.3 Å². The topological polar surface area (TPSA) is 56.2 Å². The van der Waals surface area contributed by atoms with E-state index < -0.39 is 0 Å². The molecule has 0 bridgehead atoms. The van der Waals surface area contributed by atoms with Crippen molar-refractivity contribution in [3.8, 4) is 5.75 Å². The van der Waals surface area contributed by atoms with Crippen LogP contribution in [0.4, 0.5) is 0 Å². The molecule has 0 aliphatic carbocycles. The van der Waals surface area contributed by atoms with Crippen LogP contribution < -0.4 is 4.74 Å². The molecular formula is C13H16N2O3S. The number of nitrogens with one attached hydrogen (secondary N) is 1. The number of aromatic amines is 1. The van der Waals surface area contributed by atoms with Gasteiger partial charge in [-0.1, -0.05) is 0 Å². The van der Waals surface area contributed by atoms with Gasteiger partial charge in [0.15, 0.2) is 4.77 Å². The van der Waals surface area contributed by atoms with E-state index in [2.05, 4.69) is 4.98 Å². The molecule has 0 spiro atoms. The van der Waals surface area contributed by atoms with E-state index in [0.717, 1.165) is 16.8 Å². The second-order valence-electron chi connectivity index (χ2n) is 4.02. The summed E-state index contributed by atoms with van der Waals surface area (Å²) in [6, 6.07) is 5.67. The van der Waals surface area contributed by atoms with E-state index in [4.69, 9.17) is 21.7 Å². The molecule has 1 heterocycles. The number of hydrogen-bond donors (Lipinski definition) is 1. The molecule has 2 aromatic rings. The molecule has 0 radical (unpaired) electrons. The SMILES string of the molecule is CCOC(=O)CCn1c(=S)[nH]c2ccc(OC)cc21. The maximum atomic E-state index is 11.4. The van der Waals surface area contributed by atoms with E-state index in [1.54, 1.807) is 14.0 Å². The fourth-order valence-corrected chi connectivity index (χ4v) is 2.22. The fraction of sp³-hybridized carbons (Fsp3) is 0.385. The van der Waals surface area contributed by atoms with Gasteiger partial charge in [-0.2, -0.15) is 0 Å². The van der Waals surface area contributed by atoms with Gasteiger partial charge in [-0.15, -0.1) is 0 Å². The van der Waals surface area contributed by atoms with Gasteiger partial charge in [-0.25, -0.2) is 0 Å². The average Bonchev–Trinajstić information content (AvgIpc) is 2.71. The Labute approximate surface area is 116 Å². The van der Waals surface area contributed by atoms with Crippen molar-refractivity contribution >= 4 is 29.2 Å². The number of nitrogens with zero attached hydrogens (tertiary/aromatic N) is 1. The summed E-state index contributed by atoms with van der Waals surface area (Å²) in [6.07, 6.45) is 0.298. The molecular weight excluding hydrogens is 264 g/mol. The molecule has 0 saturated carbocycles. The van der Waals surface area contributed by atoms with Crippen molar-refractivity contribution in [3.63, 3.8) is 0 Å². The molecule has 5 nitrogen and oxygen atoms in total. The number of carbonyl (C=O) groups excluding carboxylic acids is 1. The highest BCUT2D eigenvalue weighted by Crippen LogP contribution is 2.20. The van der Waals surface area contributed by atoms with E-state index in [9.17, 15) is 4.79 Å². The maximum Gasteiger partial charge on any atom is 0.307 e. The lowest BCUT2D eigenvalue weighted by Gasteiger charge is -2.05. The molecule has 6 heteroatoms. The predicted octanol–water partition coefficient (Wildman–Crippen LogP) is 2.66. The number of imidazole rings is 1. The Bertz CT molecular complexity index is 645. The third kappa shape index (κ3) is 2.96. The zero-order valence-electron chi connectivity index (χ0n) is 10.9. The standard InChI is InChI=1S/C13H16N2O3S/c1-3-18-12(16)6-7-15-11-8-9(17-2)4-5-10(11)14-13(15)19/h4-5,8H,3,6-7H2,1-2H3,(H,14,19). The lowest BCUT2D eigenvalue weighted by Crippen LogP contribution is -2.09. The molecule has 0 aliphatic heterocycles. The number of aromatic nitrogens is 2. The lowest BCUT2D eigenvalue weighted by molar-refractivity contribution is -0.143. The van der Waals surface area contributed by atoms with Gasteiger partial charge < -0.3 is 19.0 Å². The maximum absolute atomic E-state index is 11.4. The third-order valence-electron chi connectivity index (χ3n) is 2.83. The molecule has 0 atom stereocenters. The van der Waals surface area contributed by atoms with Crippen molar-refractivity contribution in [2.45, 2.75) is 19.9 Å². The molecule has 0 saturated heterocycles. The normalized spacial score (nSPS) is 10.6. The summed E-state index contributed by atoms with van der Waals surface area (Å²) >= 11 is 5.26. The van der Waals surface area contributed by atoms with Crippen LogP contribution in [0.3, 0.4) is 0 Å². The van der Waals surface area contributed by atoms with Crippen LogP contribution in [0.1, 0.15) is 13.3 Å². The Hall–Kier alpha value is -1.82. The molecule has 19 heavy (non-hydrogen) atoms. The largest absolute Gasteiger partial charge is 0.497 e. The number of rotatable bonds is 5. The Balaban J connectivity index is 2.28. The van der Waals surface area contributed by atoms with Crippen LogP contribution in [0.15, 0.2) is 18.2 Å². The predicted molar refractivity (Wildman–Crippen MR) is 74.9 cm³/mol. The van der Waals surface area contributed by atoms with Crippen LogP contribution in [0.25, 0.3) is 11.0 Å². The zero-order chi connectivity index (χ0) is 13.8. The molecule has 1 aromatic carbocycles. The smallest absolute Gasteiger partial charge is 0.307 e. The number of aryl methyl sites for hydroxylation is 1. The summed E-state index contributed by atoms with van der Waals surface area (Å²) < 4.78 is 12.6. The van der Waals surface area contributed by atoms with Crippen LogP contribution >= 0.6 is 12.2 Å². The van der Waals surface area contributed by atoms with E-state index >= 15 is 0 Å². The second-order valence-corrected chi connectivity index (χ2v) is 4.41. The van der Waals surface area contributed by atoms with Crippen molar-refractivity contribution in [3.05, 3.63) is 23.0 Å². The summed E-state index contributed by atoms with van der Waals surface area (Å²) in [4.78, 5) is 14.5. The average molecular weight is 280 g/mol. The van der Waals surface area contributed by atoms with E-state index in [-0.39, 0.29) is 5.97 Å². The molecule has 0 aliphatic rings. The van der Waals surface area contributed by atoms with E-state index in [0.29, 0.717) is 24.3 Å². The van der Waals surface area contributed by atoms with Gasteiger partial charge in [0.2, 0.25) is 0 Å². The number of carbonyl (C=O) groups is 1. The number of ether oxygens (including phenoxy) is 2. The van der Waals surface area contributed by atoms with Gasteiger partial charge in [-0.05, 0) is 31.3 Å². The van der Waals surface area contributed by atoms with Gasteiger partial charge >= 0.3 is 5.97 Å². The highest BCUT2D eigenvalue weighted by molar-refractivity contribution is 7.71. The van der Waals surface area contributed by atoms with E-state index in [1.165, 1.54) is 0 Å². The van der Waals surface area contributed by atoms with Crippen LogP contribution in [0.5, 0.6) is 5.75 Å². The Kier molecular flexibility index (Phi) is 4.21. The Morgan fingerprint density at radius 3 is 2.95 bits per heavy atom. The van der Waals surface area contributed by atoms with Crippen molar-refractivity contribution in [2.75, 3.05) is 13.7 Å². The van der Waals surface area contributed by atoms with Crippen LogP contribution in [0, 0.1) is 4.77 Å². The first kappa shape index (κ1) is 13.6. The zero-order valence-corrected chi connectivity index (χ0v) is 11.8. The number of esters is 1. The summed E-state index contributed by atoms with van der Waals surface area (Å²) in [6.45, 7) is 2.68. The first-order valence-electron chi connectivity index (χ1n) is 6.08. The van der Waals surface area contributed by atoms with Crippen LogP contribution in [0.2, 0.25) is 0 Å². The monoisotopic (exact) mass is 280 g/mol. The quantitative estimate of drug-likeness (QED) is 0.676. The number of methoxy groups -OCH3 is 1. The molecule has 0 amide bonds. The van der Waals surface area contributed by atoms with Gasteiger partial charge in [0.25, 0.3) is 0 Å². The Morgan fingerprint density at radius 2 is 2.26 bits per heavy atom. The molecule has 1 aromatic heterocycles.